The van der Waals surface area contributed by atoms with Crippen molar-refractivity contribution in [1.29, 1.82) is 0 Å². The summed E-state index contributed by atoms with van der Waals surface area (Å²) in [5.41, 5.74) is 2.21. The molecule has 21 heavy (non-hydrogen) atoms. The fourth-order valence-electron chi connectivity index (χ4n) is 3.96. The summed E-state index contributed by atoms with van der Waals surface area (Å²) in [6.45, 7) is 5.57. The minimum absolute atomic E-state index is 0.255. The van der Waals surface area contributed by atoms with Crippen molar-refractivity contribution in [3.63, 3.8) is 0 Å². The third-order valence-electron chi connectivity index (χ3n) is 4.80. The van der Waals surface area contributed by atoms with Gasteiger partial charge in [-0.1, -0.05) is 13.8 Å². The summed E-state index contributed by atoms with van der Waals surface area (Å²) >= 11 is 0. The molecule has 0 aromatic heterocycles. The van der Waals surface area contributed by atoms with Crippen molar-refractivity contribution in [1.82, 2.24) is 0 Å². The van der Waals surface area contributed by atoms with Crippen LogP contribution in [0.25, 0.3) is 0 Å². The molecule has 0 radical (unpaired) electrons. The van der Waals surface area contributed by atoms with Crippen molar-refractivity contribution < 1.29 is 4.79 Å². The number of benzene rings is 1. The minimum atomic E-state index is 0.255. The predicted octanol–water partition coefficient (Wildman–Crippen LogP) is 4.05. The number of hydrogen-bond acceptors (Lipinski definition) is 2. The molecule has 1 aromatic carbocycles. The molecule has 3 rings (SSSR count). The standard InChI is InChI=1S/C18H26N2O/c1-13-10-14(2)12-16(11-13)19-15-5-7-17(8-6-15)20-9-3-4-18(20)21/h5-8,13-14,16,19H,3-4,9-12H2,1-2H3. The molecule has 1 N–H and O–H groups in total. The molecule has 114 valence electrons. The van der Waals surface area contributed by atoms with E-state index in [2.05, 4.69) is 43.4 Å². The minimum Gasteiger partial charge on any atom is -0.382 e. The highest BCUT2D eigenvalue weighted by Gasteiger charge is 2.24. The van der Waals surface area contributed by atoms with Crippen LogP contribution in [-0.2, 0) is 4.79 Å². The van der Waals surface area contributed by atoms with E-state index >= 15 is 0 Å². The van der Waals surface area contributed by atoms with Gasteiger partial charge in [-0.05, 0) is 61.8 Å². The van der Waals surface area contributed by atoms with Crippen molar-refractivity contribution in [3.05, 3.63) is 24.3 Å². The number of anilines is 2. The number of nitrogens with one attached hydrogen (secondary N) is 1. The van der Waals surface area contributed by atoms with Crippen LogP contribution in [0.15, 0.2) is 24.3 Å². The van der Waals surface area contributed by atoms with Crippen molar-refractivity contribution in [2.75, 3.05) is 16.8 Å². The highest BCUT2D eigenvalue weighted by Crippen LogP contribution is 2.31. The first-order valence-electron chi connectivity index (χ1n) is 8.29. The van der Waals surface area contributed by atoms with Gasteiger partial charge in [0.1, 0.15) is 0 Å². The Labute approximate surface area is 127 Å². The zero-order valence-corrected chi connectivity index (χ0v) is 13.1. The van der Waals surface area contributed by atoms with Gasteiger partial charge in [0.25, 0.3) is 0 Å². The maximum Gasteiger partial charge on any atom is 0.227 e. The van der Waals surface area contributed by atoms with E-state index in [-0.39, 0.29) is 5.91 Å². The van der Waals surface area contributed by atoms with Gasteiger partial charge in [-0.2, -0.15) is 0 Å². The van der Waals surface area contributed by atoms with Crippen LogP contribution in [0.5, 0.6) is 0 Å². The maximum absolute atomic E-state index is 11.8. The first-order valence-corrected chi connectivity index (χ1v) is 8.29. The summed E-state index contributed by atoms with van der Waals surface area (Å²) in [6, 6.07) is 8.96. The molecule has 1 saturated carbocycles. The first kappa shape index (κ1) is 14.4. The Kier molecular flexibility index (Phi) is 4.18. The van der Waals surface area contributed by atoms with Crippen molar-refractivity contribution in [2.45, 2.75) is 52.0 Å². The number of hydrogen-bond donors (Lipinski definition) is 1. The molecule has 1 saturated heterocycles. The predicted molar refractivity (Wildman–Crippen MR) is 87.6 cm³/mol. The molecule has 0 spiro atoms. The average molecular weight is 286 g/mol. The molecule has 3 nitrogen and oxygen atoms in total. The van der Waals surface area contributed by atoms with Gasteiger partial charge in [0, 0.05) is 30.4 Å². The quantitative estimate of drug-likeness (QED) is 0.909. The summed E-state index contributed by atoms with van der Waals surface area (Å²) in [7, 11) is 0. The van der Waals surface area contributed by atoms with Gasteiger partial charge in [0.2, 0.25) is 5.91 Å². The molecule has 0 bridgehead atoms. The number of amides is 1. The van der Waals surface area contributed by atoms with E-state index in [1.165, 1.54) is 24.9 Å². The zero-order chi connectivity index (χ0) is 14.8. The lowest BCUT2D eigenvalue weighted by atomic mass is 9.80. The van der Waals surface area contributed by atoms with Crippen LogP contribution in [0, 0.1) is 11.8 Å². The first-order chi connectivity index (χ1) is 10.1. The van der Waals surface area contributed by atoms with E-state index in [0.717, 1.165) is 30.5 Å². The molecule has 2 aliphatic rings. The van der Waals surface area contributed by atoms with Gasteiger partial charge in [-0.15, -0.1) is 0 Å². The maximum atomic E-state index is 11.8. The highest BCUT2D eigenvalue weighted by molar-refractivity contribution is 5.95. The smallest absolute Gasteiger partial charge is 0.227 e. The third kappa shape index (κ3) is 3.39. The van der Waals surface area contributed by atoms with Gasteiger partial charge in [0.05, 0.1) is 0 Å². The van der Waals surface area contributed by atoms with E-state index in [1.54, 1.807) is 0 Å². The van der Waals surface area contributed by atoms with Crippen molar-refractivity contribution in [3.8, 4) is 0 Å². The average Bonchev–Trinajstić information content (AvgIpc) is 2.85. The summed E-state index contributed by atoms with van der Waals surface area (Å²) in [6.07, 6.45) is 5.55. The number of carbonyl (C=O) groups excluding carboxylic acids is 1. The Morgan fingerprint density at radius 3 is 2.29 bits per heavy atom. The van der Waals surface area contributed by atoms with Crippen LogP contribution in [-0.4, -0.2) is 18.5 Å². The lowest BCUT2D eigenvalue weighted by Crippen LogP contribution is -2.30. The van der Waals surface area contributed by atoms with Gasteiger partial charge in [-0.25, -0.2) is 0 Å². The van der Waals surface area contributed by atoms with Crippen LogP contribution < -0.4 is 10.2 Å². The van der Waals surface area contributed by atoms with E-state index in [0.29, 0.717) is 12.5 Å². The molecule has 3 heteroatoms. The van der Waals surface area contributed by atoms with Crippen LogP contribution in [0.4, 0.5) is 11.4 Å². The number of carbonyl (C=O) groups is 1. The monoisotopic (exact) mass is 286 g/mol. The Hall–Kier alpha value is -1.51. The highest BCUT2D eigenvalue weighted by atomic mass is 16.2. The zero-order valence-electron chi connectivity index (χ0n) is 13.1. The molecule has 2 unspecified atom stereocenters. The SMILES string of the molecule is CC1CC(C)CC(Nc2ccc(N3CCCC3=O)cc2)C1. The van der Waals surface area contributed by atoms with Gasteiger partial charge < -0.3 is 10.2 Å². The number of rotatable bonds is 3. The molecule has 1 heterocycles. The van der Waals surface area contributed by atoms with Crippen LogP contribution >= 0.6 is 0 Å². The molecule has 1 aliphatic heterocycles. The van der Waals surface area contributed by atoms with E-state index in [4.69, 9.17) is 0 Å². The van der Waals surface area contributed by atoms with Gasteiger partial charge in [0.15, 0.2) is 0 Å². The van der Waals surface area contributed by atoms with Crippen molar-refractivity contribution >= 4 is 17.3 Å². The van der Waals surface area contributed by atoms with Crippen LogP contribution in [0.3, 0.4) is 0 Å². The second-order valence-electron chi connectivity index (χ2n) is 6.95. The second kappa shape index (κ2) is 6.08. The summed E-state index contributed by atoms with van der Waals surface area (Å²) in [4.78, 5) is 13.7. The summed E-state index contributed by atoms with van der Waals surface area (Å²) < 4.78 is 0. The Morgan fingerprint density at radius 2 is 1.71 bits per heavy atom. The molecule has 1 aliphatic carbocycles. The molecule has 1 aromatic rings. The summed E-state index contributed by atoms with van der Waals surface area (Å²) in [5, 5.41) is 3.67. The lowest BCUT2D eigenvalue weighted by Gasteiger charge is -2.32. The summed E-state index contributed by atoms with van der Waals surface area (Å²) in [5.74, 6) is 1.88. The third-order valence-corrected chi connectivity index (χ3v) is 4.80. The Balaban J connectivity index is 1.63. The topological polar surface area (TPSA) is 32.3 Å². The van der Waals surface area contributed by atoms with Gasteiger partial charge >= 0.3 is 0 Å². The molecule has 2 atom stereocenters. The van der Waals surface area contributed by atoms with E-state index in [9.17, 15) is 4.79 Å². The van der Waals surface area contributed by atoms with Crippen LogP contribution in [0.2, 0.25) is 0 Å². The van der Waals surface area contributed by atoms with Crippen molar-refractivity contribution in [2.24, 2.45) is 11.8 Å². The fourth-order valence-corrected chi connectivity index (χ4v) is 3.96. The Morgan fingerprint density at radius 1 is 1.05 bits per heavy atom. The molecule has 1 amide bonds. The lowest BCUT2D eigenvalue weighted by molar-refractivity contribution is -0.117. The van der Waals surface area contributed by atoms with E-state index < -0.39 is 0 Å². The molecule has 2 fully saturated rings. The molecular formula is C18H26N2O. The molecular weight excluding hydrogens is 260 g/mol. The normalized spacial score (nSPS) is 29.7. The van der Waals surface area contributed by atoms with Gasteiger partial charge in [-0.3, -0.25) is 4.79 Å². The second-order valence-corrected chi connectivity index (χ2v) is 6.95. The van der Waals surface area contributed by atoms with Crippen LogP contribution in [0.1, 0.15) is 46.0 Å². The van der Waals surface area contributed by atoms with E-state index in [1.807, 2.05) is 4.90 Å². The largest absolute Gasteiger partial charge is 0.382 e. The Bertz CT molecular complexity index is 486. The fraction of sp³-hybridized carbons (Fsp3) is 0.611. The number of nitrogens with zero attached hydrogens (tertiary/aromatic N) is 1.